The highest BCUT2D eigenvalue weighted by Gasteiger charge is 2.43. The molecule has 2 heterocycles. The van der Waals surface area contributed by atoms with E-state index in [-0.39, 0.29) is 12.2 Å². The lowest BCUT2D eigenvalue weighted by molar-refractivity contribution is -0.138. The SMILES string of the molecule is NC1CCC2Cc3c(cccc3C(F)(F)F)N12. The van der Waals surface area contributed by atoms with Crippen molar-refractivity contribution in [2.45, 2.75) is 37.6 Å². The minimum Gasteiger partial charge on any atom is -0.353 e. The van der Waals surface area contributed by atoms with E-state index in [2.05, 4.69) is 0 Å². The van der Waals surface area contributed by atoms with Gasteiger partial charge in [0.05, 0.1) is 11.7 Å². The van der Waals surface area contributed by atoms with Gasteiger partial charge in [-0.2, -0.15) is 13.2 Å². The zero-order chi connectivity index (χ0) is 12.2. The quantitative estimate of drug-likeness (QED) is 0.757. The molecule has 0 bridgehead atoms. The van der Waals surface area contributed by atoms with Crippen molar-refractivity contribution in [2.24, 2.45) is 5.73 Å². The van der Waals surface area contributed by atoms with Crippen molar-refractivity contribution in [3.05, 3.63) is 29.3 Å². The number of halogens is 3. The van der Waals surface area contributed by atoms with E-state index in [1.54, 1.807) is 6.07 Å². The minimum absolute atomic E-state index is 0.135. The van der Waals surface area contributed by atoms with Crippen LogP contribution < -0.4 is 10.6 Å². The van der Waals surface area contributed by atoms with Crippen molar-refractivity contribution >= 4 is 5.69 Å². The smallest absolute Gasteiger partial charge is 0.353 e. The second-order valence-corrected chi connectivity index (χ2v) is 4.71. The number of rotatable bonds is 0. The van der Waals surface area contributed by atoms with E-state index in [0.717, 1.165) is 18.9 Å². The van der Waals surface area contributed by atoms with E-state index in [1.807, 2.05) is 4.90 Å². The number of nitrogens with two attached hydrogens (primary N) is 1. The van der Waals surface area contributed by atoms with Gasteiger partial charge >= 0.3 is 6.18 Å². The lowest BCUT2D eigenvalue weighted by Gasteiger charge is -2.24. The molecule has 0 amide bonds. The molecule has 3 rings (SSSR count). The monoisotopic (exact) mass is 242 g/mol. The third-order valence-corrected chi connectivity index (χ3v) is 3.72. The molecular weight excluding hydrogens is 229 g/mol. The average molecular weight is 242 g/mol. The van der Waals surface area contributed by atoms with E-state index in [4.69, 9.17) is 5.73 Å². The number of hydrogen-bond donors (Lipinski definition) is 1. The van der Waals surface area contributed by atoms with Crippen LogP contribution in [0.4, 0.5) is 18.9 Å². The van der Waals surface area contributed by atoms with Crippen LogP contribution in [0.3, 0.4) is 0 Å². The van der Waals surface area contributed by atoms with Crippen molar-refractivity contribution < 1.29 is 13.2 Å². The Hall–Kier alpha value is -1.23. The van der Waals surface area contributed by atoms with Gasteiger partial charge < -0.3 is 10.6 Å². The van der Waals surface area contributed by atoms with Gasteiger partial charge in [-0.05, 0) is 37.0 Å². The maximum atomic E-state index is 12.9. The van der Waals surface area contributed by atoms with E-state index < -0.39 is 11.7 Å². The third-order valence-electron chi connectivity index (χ3n) is 3.72. The van der Waals surface area contributed by atoms with Gasteiger partial charge in [0.2, 0.25) is 0 Å². The summed E-state index contributed by atoms with van der Waals surface area (Å²) in [6, 6.07) is 4.53. The van der Waals surface area contributed by atoms with Crippen LogP contribution in [0, 0.1) is 0 Å². The molecule has 2 aliphatic heterocycles. The first kappa shape index (κ1) is 10.9. The maximum Gasteiger partial charge on any atom is 0.416 e. The largest absolute Gasteiger partial charge is 0.416 e. The topological polar surface area (TPSA) is 29.3 Å². The Morgan fingerprint density at radius 3 is 2.71 bits per heavy atom. The van der Waals surface area contributed by atoms with Gasteiger partial charge in [0.25, 0.3) is 0 Å². The summed E-state index contributed by atoms with van der Waals surface area (Å²) in [6.45, 7) is 0. The number of benzene rings is 1. The molecule has 0 spiro atoms. The normalized spacial score (nSPS) is 27.2. The van der Waals surface area contributed by atoms with E-state index >= 15 is 0 Å². The first-order chi connectivity index (χ1) is 7.98. The summed E-state index contributed by atoms with van der Waals surface area (Å²) in [5.74, 6) is 0. The Labute approximate surface area is 97.2 Å². The summed E-state index contributed by atoms with van der Waals surface area (Å²) in [4.78, 5) is 1.95. The Bertz CT molecular complexity index is 456. The van der Waals surface area contributed by atoms with Gasteiger partial charge in [0.1, 0.15) is 0 Å². The second-order valence-electron chi connectivity index (χ2n) is 4.71. The fourth-order valence-corrected chi connectivity index (χ4v) is 3.02. The summed E-state index contributed by atoms with van der Waals surface area (Å²) in [7, 11) is 0. The average Bonchev–Trinajstić information content (AvgIpc) is 2.76. The van der Waals surface area contributed by atoms with Crippen LogP contribution in [0.2, 0.25) is 0 Å². The zero-order valence-electron chi connectivity index (χ0n) is 9.17. The molecule has 2 aliphatic rings. The van der Waals surface area contributed by atoms with Crippen LogP contribution >= 0.6 is 0 Å². The lowest BCUT2D eigenvalue weighted by atomic mass is 10.0. The minimum atomic E-state index is -4.27. The molecule has 2 N–H and O–H groups in total. The predicted molar refractivity (Wildman–Crippen MR) is 58.6 cm³/mol. The molecule has 0 aliphatic carbocycles. The maximum absolute atomic E-state index is 12.9. The third kappa shape index (κ3) is 1.52. The Morgan fingerprint density at radius 2 is 2.00 bits per heavy atom. The second kappa shape index (κ2) is 3.38. The number of nitrogens with zero attached hydrogens (tertiary/aromatic N) is 1. The molecule has 5 heteroatoms. The molecule has 2 unspecified atom stereocenters. The molecule has 1 fully saturated rings. The first-order valence-corrected chi connectivity index (χ1v) is 5.71. The van der Waals surface area contributed by atoms with Crippen molar-refractivity contribution in [3.63, 3.8) is 0 Å². The highest BCUT2D eigenvalue weighted by atomic mass is 19.4. The summed E-state index contributed by atoms with van der Waals surface area (Å²) in [6.07, 6.45) is -2.19. The van der Waals surface area contributed by atoms with Gasteiger partial charge in [0, 0.05) is 11.7 Å². The number of hydrogen-bond acceptors (Lipinski definition) is 2. The van der Waals surface area contributed by atoms with Crippen molar-refractivity contribution in [2.75, 3.05) is 4.90 Å². The predicted octanol–water partition coefficient (Wildman–Crippen LogP) is 2.52. The molecule has 1 aromatic carbocycles. The molecule has 0 saturated carbocycles. The van der Waals surface area contributed by atoms with Gasteiger partial charge in [0.15, 0.2) is 0 Å². The van der Waals surface area contributed by atoms with E-state index in [0.29, 0.717) is 17.7 Å². The van der Waals surface area contributed by atoms with Crippen LogP contribution in [0.25, 0.3) is 0 Å². The van der Waals surface area contributed by atoms with Gasteiger partial charge in [-0.3, -0.25) is 0 Å². The van der Waals surface area contributed by atoms with Gasteiger partial charge in [-0.25, -0.2) is 0 Å². The Kier molecular flexibility index (Phi) is 2.17. The lowest BCUT2D eigenvalue weighted by Crippen LogP contribution is -2.38. The van der Waals surface area contributed by atoms with Crippen molar-refractivity contribution in [3.8, 4) is 0 Å². The van der Waals surface area contributed by atoms with Crippen LogP contribution in [0.5, 0.6) is 0 Å². The van der Waals surface area contributed by atoms with Crippen LogP contribution in [-0.2, 0) is 12.6 Å². The fourth-order valence-electron chi connectivity index (χ4n) is 3.02. The van der Waals surface area contributed by atoms with Crippen LogP contribution in [0.15, 0.2) is 18.2 Å². The van der Waals surface area contributed by atoms with E-state index in [1.165, 1.54) is 6.07 Å². The van der Waals surface area contributed by atoms with Crippen molar-refractivity contribution in [1.82, 2.24) is 0 Å². The number of fused-ring (bicyclic) bond motifs is 3. The van der Waals surface area contributed by atoms with Crippen LogP contribution in [-0.4, -0.2) is 12.2 Å². The Balaban J connectivity index is 2.10. The molecule has 92 valence electrons. The number of alkyl halides is 3. The van der Waals surface area contributed by atoms with Crippen LogP contribution in [0.1, 0.15) is 24.0 Å². The Morgan fingerprint density at radius 1 is 1.24 bits per heavy atom. The fraction of sp³-hybridized carbons (Fsp3) is 0.500. The molecule has 2 atom stereocenters. The first-order valence-electron chi connectivity index (χ1n) is 5.71. The molecule has 17 heavy (non-hydrogen) atoms. The summed E-state index contributed by atoms with van der Waals surface area (Å²) >= 11 is 0. The molecular formula is C12H13F3N2. The highest BCUT2D eigenvalue weighted by molar-refractivity contribution is 5.64. The molecule has 2 nitrogen and oxygen atoms in total. The molecule has 1 saturated heterocycles. The summed E-state index contributed by atoms with van der Waals surface area (Å²) in [5.41, 5.74) is 6.53. The van der Waals surface area contributed by atoms with Gasteiger partial charge in [-0.1, -0.05) is 6.07 Å². The summed E-state index contributed by atoms with van der Waals surface area (Å²) < 4.78 is 38.6. The van der Waals surface area contributed by atoms with E-state index in [9.17, 15) is 13.2 Å². The molecule has 0 radical (unpaired) electrons. The molecule has 1 aromatic rings. The standard InChI is InChI=1S/C12H13F3N2/c13-12(14,15)9-2-1-3-10-8(9)6-7-4-5-11(16)17(7)10/h1-3,7,11H,4-6,16H2. The summed E-state index contributed by atoms with van der Waals surface area (Å²) in [5, 5.41) is 0. The van der Waals surface area contributed by atoms with Gasteiger partial charge in [-0.15, -0.1) is 0 Å². The highest BCUT2D eigenvalue weighted by Crippen LogP contribution is 2.45. The number of anilines is 1. The molecule has 0 aromatic heterocycles. The zero-order valence-corrected chi connectivity index (χ0v) is 9.17. The van der Waals surface area contributed by atoms with Crippen molar-refractivity contribution in [1.29, 1.82) is 0 Å².